The SMILES string of the molecule is O=C1OC(c2cccc(F)c2)=N[C@@]12Cc1ccccc1N1CCc3ccccc3[C@@H]12. The second-order valence-corrected chi connectivity index (χ2v) is 8.09. The normalized spacial score (nSPS) is 24.0. The van der Waals surface area contributed by atoms with Crippen LogP contribution in [0.5, 0.6) is 0 Å². The second-order valence-electron chi connectivity index (χ2n) is 8.09. The number of benzene rings is 3. The molecule has 3 aliphatic rings. The molecule has 3 heterocycles. The van der Waals surface area contributed by atoms with Gasteiger partial charge in [0.2, 0.25) is 5.90 Å². The Hall–Kier alpha value is -3.47. The molecule has 3 aromatic carbocycles. The van der Waals surface area contributed by atoms with Gasteiger partial charge in [-0.2, -0.15) is 0 Å². The fourth-order valence-electron chi connectivity index (χ4n) is 5.12. The maximum absolute atomic E-state index is 13.8. The van der Waals surface area contributed by atoms with E-state index < -0.39 is 5.54 Å². The highest BCUT2D eigenvalue weighted by Gasteiger charge is 2.58. The molecule has 0 N–H and O–H groups in total. The third-order valence-electron chi connectivity index (χ3n) is 6.41. The number of halogens is 1. The third kappa shape index (κ3) is 2.38. The minimum atomic E-state index is -1.09. The molecule has 3 aliphatic heterocycles. The van der Waals surface area contributed by atoms with Crippen molar-refractivity contribution in [1.82, 2.24) is 0 Å². The third-order valence-corrected chi connectivity index (χ3v) is 6.41. The zero-order valence-electron chi connectivity index (χ0n) is 16.2. The summed E-state index contributed by atoms with van der Waals surface area (Å²) >= 11 is 0. The molecule has 0 bridgehead atoms. The van der Waals surface area contributed by atoms with E-state index in [0.717, 1.165) is 29.8 Å². The first-order chi connectivity index (χ1) is 14.7. The highest BCUT2D eigenvalue weighted by atomic mass is 19.1. The number of fused-ring (bicyclic) bond motifs is 6. The Bertz CT molecular complexity index is 1220. The molecule has 0 aliphatic carbocycles. The lowest BCUT2D eigenvalue weighted by atomic mass is 9.73. The van der Waals surface area contributed by atoms with Crippen molar-refractivity contribution in [3.05, 3.63) is 101 Å². The Morgan fingerprint density at radius 2 is 1.80 bits per heavy atom. The summed E-state index contributed by atoms with van der Waals surface area (Å²) in [4.78, 5) is 20.6. The first-order valence-electron chi connectivity index (χ1n) is 10.2. The monoisotopic (exact) mass is 398 g/mol. The predicted octanol–water partition coefficient (Wildman–Crippen LogP) is 4.23. The summed E-state index contributed by atoms with van der Waals surface area (Å²) in [6, 6.07) is 22.2. The Morgan fingerprint density at radius 3 is 2.67 bits per heavy atom. The molecule has 4 nitrogen and oxygen atoms in total. The number of ether oxygens (including phenoxy) is 1. The fraction of sp³-hybridized carbons (Fsp3) is 0.200. The largest absolute Gasteiger partial charge is 0.405 e. The molecule has 6 rings (SSSR count). The molecule has 0 fully saturated rings. The number of rotatable bonds is 1. The summed E-state index contributed by atoms with van der Waals surface area (Å²) in [5.41, 5.74) is 3.96. The Kier molecular flexibility index (Phi) is 3.63. The lowest BCUT2D eigenvalue weighted by Gasteiger charge is -2.49. The van der Waals surface area contributed by atoms with Crippen molar-refractivity contribution in [2.24, 2.45) is 4.99 Å². The van der Waals surface area contributed by atoms with Gasteiger partial charge in [0.05, 0.1) is 6.04 Å². The molecule has 2 atom stereocenters. The minimum Gasteiger partial charge on any atom is -0.405 e. The first-order valence-corrected chi connectivity index (χ1v) is 10.2. The van der Waals surface area contributed by atoms with E-state index in [0.29, 0.717) is 12.0 Å². The van der Waals surface area contributed by atoms with Gasteiger partial charge in [-0.25, -0.2) is 14.2 Å². The maximum atomic E-state index is 13.8. The average Bonchev–Trinajstić information content (AvgIpc) is 3.10. The number of esters is 1. The smallest absolute Gasteiger partial charge is 0.343 e. The van der Waals surface area contributed by atoms with Crippen LogP contribution in [0.4, 0.5) is 10.1 Å². The van der Waals surface area contributed by atoms with Crippen LogP contribution < -0.4 is 4.90 Å². The number of carbonyl (C=O) groups excluding carboxylic acids is 1. The van der Waals surface area contributed by atoms with Crippen LogP contribution in [0, 0.1) is 5.82 Å². The van der Waals surface area contributed by atoms with Crippen LogP contribution in [0.15, 0.2) is 77.8 Å². The first kappa shape index (κ1) is 17.4. The molecule has 3 aromatic rings. The van der Waals surface area contributed by atoms with E-state index in [1.54, 1.807) is 12.1 Å². The van der Waals surface area contributed by atoms with Gasteiger partial charge in [0.15, 0.2) is 5.54 Å². The van der Waals surface area contributed by atoms with Gasteiger partial charge in [0, 0.05) is 24.2 Å². The van der Waals surface area contributed by atoms with E-state index in [2.05, 4.69) is 29.2 Å². The molecule has 0 saturated carbocycles. The van der Waals surface area contributed by atoms with Crippen molar-refractivity contribution in [1.29, 1.82) is 0 Å². The Labute approximate surface area is 173 Å². The van der Waals surface area contributed by atoms with E-state index in [9.17, 15) is 9.18 Å². The molecular formula is C25H19FN2O2. The van der Waals surface area contributed by atoms with Crippen molar-refractivity contribution in [2.75, 3.05) is 11.4 Å². The number of hydrogen-bond acceptors (Lipinski definition) is 4. The fourth-order valence-corrected chi connectivity index (χ4v) is 5.12. The zero-order chi connectivity index (χ0) is 20.3. The highest BCUT2D eigenvalue weighted by Crippen LogP contribution is 2.51. The molecule has 30 heavy (non-hydrogen) atoms. The van der Waals surface area contributed by atoms with Crippen LogP contribution in [0.1, 0.15) is 28.3 Å². The van der Waals surface area contributed by atoms with Gasteiger partial charge in [-0.05, 0) is 47.4 Å². The number of nitrogens with zero attached hydrogens (tertiary/aromatic N) is 2. The van der Waals surface area contributed by atoms with Crippen LogP contribution in [0.3, 0.4) is 0 Å². The lowest BCUT2D eigenvalue weighted by Crippen LogP contribution is -2.56. The van der Waals surface area contributed by atoms with Crippen LogP contribution in [0.2, 0.25) is 0 Å². The number of para-hydroxylation sites is 1. The van der Waals surface area contributed by atoms with E-state index in [1.807, 2.05) is 24.3 Å². The van der Waals surface area contributed by atoms with Crippen LogP contribution in [-0.2, 0) is 22.4 Å². The quantitative estimate of drug-likeness (QED) is 0.576. The minimum absolute atomic E-state index is 0.196. The number of carbonyl (C=O) groups is 1. The second kappa shape index (κ2) is 6.26. The molecule has 5 heteroatoms. The van der Waals surface area contributed by atoms with Gasteiger partial charge < -0.3 is 9.64 Å². The number of aliphatic imine (C=N–C) groups is 1. The number of hydrogen-bond donors (Lipinski definition) is 0. The molecule has 0 unspecified atom stereocenters. The molecule has 1 spiro atoms. The summed E-state index contributed by atoms with van der Waals surface area (Å²) in [5, 5.41) is 0. The van der Waals surface area contributed by atoms with Crippen LogP contribution in [0.25, 0.3) is 0 Å². The lowest BCUT2D eigenvalue weighted by molar-refractivity contribution is -0.140. The van der Waals surface area contributed by atoms with Gasteiger partial charge in [-0.1, -0.05) is 48.5 Å². The van der Waals surface area contributed by atoms with Crippen LogP contribution in [-0.4, -0.2) is 24.0 Å². The molecule has 0 radical (unpaired) electrons. The van der Waals surface area contributed by atoms with Crippen molar-refractivity contribution in [3.8, 4) is 0 Å². The van der Waals surface area contributed by atoms with Gasteiger partial charge in [0.25, 0.3) is 0 Å². The van der Waals surface area contributed by atoms with E-state index in [1.165, 1.54) is 17.7 Å². The van der Waals surface area contributed by atoms with E-state index >= 15 is 0 Å². The average molecular weight is 398 g/mol. The Balaban J connectivity index is 1.58. The van der Waals surface area contributed by atoms with E-state index in [-0.39, 0.29) is 23.7 Å². The van der Waals surface area contributed by atoms with Gasteiger partial charge >= 0.3 is 5.97 Å². The van der Waals surface area contributed by atoms with Crippen molar-refractivity contribution >= 4 is 17.6 Å². The molecule has 0 saturated heterocycles. The predicted molar refractivity (Wildman–Crippen MR) is 112 cm³/mol. The topological polar surface area (TPSA) is 41.9 Å². The highest BCUT2D eigenvalue weighted by molar-refractivity contribution is 6.09. The number of cyclic esters (lactones) is 1. The Morgan fingerprint density at radius 1 is 1.00 bits per heavy atom. The van der Waals surface area contributed by atoms with Crippen molar-refractivity contribution in [3.63, 3.8) is 0 Å². The molecule has 148 valence electrons. The summed E-state index contributed by atoms with van der Waals surface area (Å²) < 4.78 is 19.5. The number of anilines is 1. The molecule has 0 amide bonds. The maximum Gasteiger partial charge on any atom is 0.343 e. The van der Waals surface area contributed by atoms with Gasteiger partial charge in [-0.15, -0.1) is 0 Å². The standard InChI is InChI=1S/C25H19FN2O2/c26-19-9-5-8-17(14-19)23-27-25(24(29)30-23)15-18-7-2-4-11-21(18)28-13-12-16-6-1-3-10-20(16)22(25)28/h1-11,14,22H,12-13,15H2/t22-,25-/m1/s1. The zero-order valence-corrected chi connectivity index (χ0v) is 16.2. The molecule has 0 aromatic heterocycles. The summed E-state index contributed by atoms with van der Waals surface area (Å²) in [6.07, 6.45) is 1.36. The van der Waals surface area contributed by atoms with Crippen molar-refractivity contribution < 1.29 is 13.9 Å². The summed E-state index contributed by atoms with van der Waals surface area (Å²) in [6.45, 7) is 0.804. The van der Waals surface area contributed by atoms with E-state index in [4.69, 9.17) is 9.73 Å². The van der Waals surface area contributed by atoms with Gasteiger partial charge in [-0.3, -0.25) is 0 Å². The van der Waals surface area contributed by atoms with Crippen molar-refractivity contribution in [2.45, 2.75) is 24.4 Å². The molecular weight excluding hydrogens is 379 g/mol. The van der Waals surface area contributed by atoms with Crippen LogP contribution >= 0.6 is 0 Å². The summed E-state index contributed by atoms with van der Waals surface area (Å²) in [5.74, 6) is -0.560. The summed E-state index contributed by atoms with van der Waals surface area (Å²) in [7, 11) is 0. The van der Waals surface area contributed by atoms with Gasteiger partial charge in [0.1, 0.15) is 5.82 Å².